The summed E-state index contributed by atoms with van der Waals surface area (Å²) < 4.78 is 71.0. The second-order valence-corrected chi connectivity index (χ2v) is 14.8. The van der Waals surface area contributed by atoms with E-state index >= 15 is 0 Å². The first-order valence-corrected chi connectivity index (χ1v) is 20.0. The predicted molar refractivity (Wildman–Crippen MR) is 201 cm³/mol. The molecule has 292 valence electrons. The van der Waals surface area contributed by atoms with Gasteiger partial charge in [-0.3, -0.25) is 9.88 Å². The molecule has 13 nitrogen and oxygen atoms in total. The van der Waals surface area contributed by atoms with Crippen LogP contribution in [-0.2, 0) is 56.3 Å². The molecule has 0 radical (unpaired) electrons. The third kappa shape index (κ3) is 12.1. The van der Waals surface area contributed by atoms with Gasteiger partial charge in [-0.25, -0.2) is 13.1 Å². The molecule has 3 unspecified atom stereocenters. The molecule has 1 aromatic heterocycles. The number of nitrogens with zero attached hydrogens (tertiary/aromatic N) is 2. The maximum atomic E-state index is 13.3. The van der Waals surface area contributed by atoms with E-state index in [9.17, 15) is 13.5 Å². The molecule has 3 heterocycles. The van der Waals surface area contributed by atoms with Gasteiger partial charge in [-0.1, -0.05) is 66.7 Å². The Labute approximate surface area is 317 Å². The Morgan fingerprint density at radius 3 is 1.89 bits per heavy atom. The molecule has 2 aliphatic rings. The highest BCUT2D eigenvalue weighted by molar-refractivity contribution is 7.89. The number of ether oxygens (including phenoxy) is 7. The summed E-state index contributed by atoms with van der Waals surface area (Å²) in [7, 11) is -3.82. The number of aliphatic hydroxyl groups excluding tert-OH is 1. The van der Waals surface area contributed by atoms with Gasteiger partial charge in [0.25, 0.3) is 0 Å². The third-order valence-corrected chi connectivity index (χ3v) is 10.7. The molecule has 3 atom stereocenters. The molecule has 2 saturated heterocycles. The van der Waals surface area contributed by atoms with E-state index in [-0.39, 0.29) is 30.3 Å². The predicted octanol–water partition coefficient (Wildman–Crippen LogP) is 4.15. The molecule has 6 rings (SSSR count). The van der Waals surface area contributed by atoms with Crippen molar-refractivity contribution in [3.05, 3.63) is 107 Å². The molecule has 0 aliphatic carbocycles. The van der Waals surface area contributed by atoms with Crippen LogP contribution in [0.3, 0.4) is 0 Å². The lowest BCUT2D eigenvalue weighted by Gasteiger charge is -2.38. The van der Waals surface area contributed by atoms with Crippen LogP contribution in [-0.4, -0.2) is 115 Å². The van der Waals surface area contributed by atoms with E-state index < -0.39 is 16.3 Å². The van der Waals surface area contributed by atoms with E-state index in [1.807, 2.05) is 60.7 Å². The maximum absolute atomic E-state index is 13.3. The average molecular weight is 766 g/mol. The Kier molecular flexibility index (Phi) is 15.7. The van der Waals surface area contributed by atoms with Gasteiger partial charge >= 0.3 is 0 Å². The number of sulfonamides is 1. The molecule has 2 aliphatic heterocycles. The van der Waals surface area contributed by atoms with Gasteiger partial charge < -0.3 is 38.3 Å². The van der Waals surface area contributed by atoms with Crippen molar-refractivity contribution in [2.24, 2.45) is 0 Å². The topological polar surface area (TPSA) is 147 Å². The van der Waals surface area contributed by atoms with Crippen molar-refractivity contribution in [2.45, 2.75) is 43.0 Å². The molecular weight excluding hydrogens is 715 g/mol. The number of benzene rings is 3. The highest BCUT2D eigenvalue weighted by atomic mass is 32.2. The fourth-order valence-electron chi connectivity index (χ4n) is 6.33. The Hall–Kier alpha value is -3.38. The maximum Gasteiger partial charge on any atom is 0.243 e. The zero-order valence-electron chi connectivity index (χ0n) is 30.6. The molecule has 3 aromatic carbocycles. The number of pyridine rings is 1. The van der Waals surface area contributed by atoms with Crippen LogP contribution in [0.4, 0.5) is 0 Å². The van der Waals surface area contributed by atoms with Crippen molar-refractivity contribution in [3.63, 3.8) is 0 Å². The zero-order chi connectivity index (χ0) is 37.4. The fraction of sp³-hybridized carbons (Fsp3) is 0.475. The van der Waals surface area contributed by atoms with Gasteiger partial charge in [-0.2, -0.15) is 0 Å². The number of aliphatic hydroxyl groups is 1. The van der Waals surface area contributed by atoms with Gasteiger partial charge in [0.1, 0.15) is 4.90 Å². The summed E-state index contributed by atoms with van der Waals surface area (Å²) >= 11 is 0. The smallest absolute Gasteiger partial charge is 0.243 e. The quantitative estimate of drug-likeness (QED) is 0.253. The molecule has 0 spiro atoms. The van der Waals surface area contributed by atoms with E-state index in [1.165, 1.54) is 0 Å². The normalized spacial score (nSPS) is 22.4. The van der Waals surface area contributed by atoms with Gasteiger partial charge in [-0.05, 0) is 28.8 Å². The van der Waals surface area contributed by atoms with Crippen LogP contribution >= 0.6 is 0 Å². The van der Waals surface area contributed by atoms with Gasteiger partial charge in [0.05, 0.1) is 90.4 Å². The number of aromatic nitrogens is 1. The van der Waals surface area contributed by atoms with Gasteiger partial charge in [0.2, 0.25) is 10.0 Å². The summed E-state index contributed by atoms with van der Waals surface area (Å²) in [6.07, 6.45) is 1.11. The van der Waals surface area contributed by atoms with Crippen LogP contribution in [0.1, 0.15) is 41.1 Å². The number of hydrogen-bond donors (Lipinski definition) is 2. The number of rotatable bonds is 9. The van der Waals surface area contributed by atoms with Crippen LogP contribution in [0, 0.1) is 0 Å². The highest BCUT2D eigenvalue weighted by Gasteiger charge is 2.33. The van der Waals surface area contributed by atoms with Crippen LogP contribution in [0.15, 0.2) is 90.0 Å². The van der Waals surface area contributed by atoms with Crippen molar-refractivity contribution >= 4 is 20.9 Å². The number of nitrogens with one attached hydrogen (secondary N) is 1. The SMILES string of the molecule is O=S(=O)(NCc1ccc(C2OC(CN3CCOCCOCCOCCOCCOCC3)CC(c3ccc(CO)cc3)O2)cc1)c1cccc2cccnc12. The van der Waals surface area contributed by atoms with Crippen molar-refractivity contribution in [3.8, 4) is 0 Å². The standard InChI is InChI=1S/C40H51N3O10S/c44-30-32-8-10-33(11-9-32)37-27-36(29-43-15-17-47-19-21-49-23-25-51-26-24-50-22-20-48-18-16-43)52-40(53-37)35-12-6-31(7-13-35)28-42-54(45,46)38-5-1-3-34-4-2-14-41-39(34)38/h1-14,36-37,40,42,44H,15-30H2. The van der Waals surface area contributed by atoms with Crippen LogP contribution in [0.25, 0.3) is 10.9 Å². The molecule has 14 heteroatoms. The second kappa shape index (κ2) is 21.1. The summed E-state index contributed by atoms with van der Waals surface area (Å²) in [6.45, 7) is 7.16. The summed E-state index contributed by atoms with van der Waals surface area (Å²) in [5, 5.41) is 10.4. The Bertz CT molecular complexity index is 1790. The minimum absolute atomic E-state index is 0.0345. The second-order valence-electron chi connectivity index (χ2n) is 13.1. The van der Waals surface area contributed by atoms with Crippen molar-refractivity contribution in [1.29, 1.82) is 0 Å². The third-order valence-electron chi connectivity index (χ3n) is 9.27. The molecule has 54 heavy (non-hydrogen) atoms. The average Bonchev–Trinajstić information content (AvgIpc) is 3.20. The molecular formula is C40H51N3O10S. The molecule has 0 amide bonds. The van der Waals surface area contributed by atoms with Crippen molar-refractivity contribution in [2.75, 3.05) is 85.7 Å². The van der Waals surface area contributed by atoms with Crippen LogP contribution < -0.4 is 4.72 Å². The Morgan fingerprint density at radius 1 is 0.685 bits per heavy atom. The minimum atomic E-state index is -3.82. The van der Waals surface area contributed by atoms with E-state index in [0.29, 0.717) is 97.6 Å². The first-order valence-electron chi connectivity index (χ1n) is 18.5. The van der Waals surface area contributed by atoms with Crippen molar-refractivity contribution < 1.29 is 46.7 Å². The van der Waals surface area contributed by atoms with Gasteiger partial charge in [0, 0.05) is 49.7 Å². The fourth-order valence-corrected chi connectivity index (χ4v) is 7.52. The summed E-state index contributed by atoms with van der Waals surface area (Å²) in [4.78, 5) is 6.73. The highest BCUT2D eigenvalue weighted by Crippen LogP contribution is 2.38. The summed E-state index contributed by atoms with van der Waals surface area (Å²) in [5.41, 5.74) is 3.86. The summed E-state index contributed by atoms with van der Waals surface area (Å²) in [6, 6.07) is 24.1. The summed E-state index contributed by atoms with van der Waals surface area (Å²) in [5.74, 6) is 0. The molecule has 0 bridgehead atoms. The first-order chi connectivity index (χ1) is 26.5. The van der Waals surface area contributed by atoms with E-state index in [2.05, 4.69) is 14.6 Å². The Morgan fingerprint density at radius 2 is 1.26 bits per heavy atom. The molecule has 2 N–H and O–H groups in total. The minimum Gasteiger partial charge on any atom is -0.392 e. The molecule has 4 aromatic rings. The van der Waals surface area contributed by atoms with E-state index in [4.69, 9.17) is 33.2 Å². The largest absolute Gasteiger partial charge is 0.392 e. The lowest BCUT2D eigenvalue weighted by Crippen LogP contribution is -2.42. The first kappa shape index (κ1) is 40.3. The van der Waals surface area contributed by atoms with Crippen molar-refractivity contribution in [1.82, 2.24) is 14.6 Å². The molecule has 0 saturated carbocycles. The Balaban J connectivity index is 1.12. The molecule has 2 fully saturated rings. The van der Waals surface area contributed by atoms with Crippen LogP contribution in [0.5, 0.6) is 0 Å². The lowest BCUT2D eigenvalue weighted by molar-refractivity contribution is -0.253. The number of hydrogen-bond acceptors (Lipinski definition) is 12. The monoisotopic (exact) mass is 765 g/mol. The van der Waals surface area contributed by atoms with Gasteiger partial charge in [-0.15, -0.1) is 0 Å². The van der Waals surface area contributed by atoms with E-state index in [1.54, 1.807) is 24.4 Å². The van der Waals surface area contributed by atoms with Crippen LogP contribution in [0.2, 0.25) is 0 Å². The van der Waals surface area contributed by atoms with Gasteiger partial charge in [0.15, 0.2) is 6.29 Å². The zero-order valence-corrected chi connectivity index (χ0v) is 31.4. The van der Waals surface area contributed by atoms with E-state index in [0.717, 1.165) is 27.6 Å². The number of fused-ring (bicyclic) bond motifs is 1. The number of para-hydroxylation sites is 1. The lowest BCUT2D eigenvalue weighted by atomic mass is 9.99.